The Balaban J connectivity index is 1.75. The van der Waals surface area contributed by atoms with Gasteiger partial charge in [0, 0.05) is 16.5 Å². The highest BCUT2D eigenvalue weighted by Crippen LogP contribution is 2.58. The van der Waals surface area contributed by atoms with Crippen molar-refractivity contribution in [2.45, 2.75) is 24.0 Å². The lowest BCUT2D eigenvalue weighted by atomic mass is 9.75. The number of esters is 1. The molecule has 1 aliphatic heterocycles. The lowest BCUT2D eigenvalue weighted by Gasteiger charge is -2.27. The fraction of sp³-hybridized carbons (Fsp3) is 0.250. The molecule has 1 saturated heterocycles. The molecule has 2 aromatic rings. The standard InChI is InChI=1S/C20H17ClO3/c1-23-19(22)16-11-18-20(24-18,14-5-3-2-4-6-14)12-17(16)13-7-9-15(21)10-8-13/h2-11,17-18H,12H2,1H3/t17-,18-,20-/m0/s1. The molecule has 122 valence electrons. The molecule has 2 aliphatic rings. The summed E-state index contributed by atoms with van der Waals surface area (Å²) in [6.07, 6.45) is 2.56. The molecular weight excluding hydrogens is 324 g/mol. The Morgan fingerprint density at radius 2 is 1.88 bits per heavy atom. The van der Waals surface area contributed by atoms with Gasteiger partial charge in [-0.1, -0.05) is 54.1 Å². The third kappa shape index (κ3) is 2.45. The van der Waals surface area contributed by atoms with Gasteiger partial charge in [-0.25, -0.2) is 4.79 Å². The van der Waals surface area contributed by atoms with E-state index in [2.05, 4.69) is 12.1 Å². The third-order valence-electron chi connectivity index (χ3n) is 4.91. The molecule has 3 nitrogen and oxygen atoms in total. The van der Waals surface area contributed by atoms with E-state index in [0.29, 0.717) is 17.0 Å². The van der Waals surface area contributed by atoms with Gasteiger partial charge in [-0.3, -0.25) is 0 Å². The average molecular weight is 341 g/mol. The lowest BCUT2D eigenvalue weighted by Crippen LogP contribution is -2.26. The summed E-state index contributed by atoms with van der Waals surface area (Å²) in [5.74, 6) is -0.374. The maximum Gasteiger partial charge on any atom is 0.334 e. The number of epoxide rings is 1. The van der Waals surface area contributed by atoms with E-state index in [1.54, 1.807) is 0 Å². The van der Waals surface area contributed by atoms with E-state index in [9.17, 15) is 4.79 Å². The maximum atomic E-state index is 12.3. The highest BCUT2D eigenvalue weighted by atomic mass is 35.5. The second kappa shape index (κ2) is 5.76. The maximum absolute atomic E-state index is 12.3. The van der Waals surface area contributed by atoms with Gasteiger partial charge in [0.2, 0.25) is 0 Å². The van der Waals surface area contributed by atoms with E-state index in [0.717, 1.165) is 11.1 Å². The van der Waals surface area contributed by atoms with E-state index in [4.69, 9.17) is 21.1 Å². The Kier molecular flexibility index (Phi) is 3.70. The van der Waals surface area contributed by atoms with Crippen molar-refractivity contribution in [2.75, 3.05) is 7.11 Å². The number of methoxy groups -OCH3 is 1. The predicted octanol–water partition coefficient (Wildman–Crippen LogP) is 4.22. The summed E-state index contributed by atoms with van der Waals surface area (Å²) in [6.45, 7) is 0. The van der Waals surface area contributed by atoms with Crippen LogP contribution in [0.3, 0.4) is 0 Å². The first kappa shape index (κ1) is 15.4. The first-order valence-electron chi connectivity index (χ1n) is 7.93. The van der Waals surface area contributed by atoms with Crippen LogP contribution >= 0.6 is 11.6 Å². The SMILES string of the molecule is COC(=O)C1=C[C@@H]2O[C@]2(c2ccccc2)C[C@H]1c1ccc(Cl)cc1. The van der Waals surface area contributed by atoms with Crippen molar-refractivity contribution in [3.63, 3.8) is 0 Å². The van der Waals surface area contributed by atoms with Gasteiger partial charge in [-0.2, -0.15) is 0 Å². The van der Waals surface area contributed by atoms with Crippen LogP contribution in [-0.2, 0) is 19.9 Å². The second-order valence-corrected chi connectivity index (χ2v) is 6.65. The van der Waals surface area contributed by atoms with E-state index >= 15 is 0 Å². The molecule has 4 heteroatoms. The summed E-state index contributed by atoms with van der Waals surface area (Å²) >= 11 is 6.01. The molecule has 4 rings (SSSR count). The Morgan fingerprint density at radius 1 is 1.17 bits per heavy atom. The lowest BCUT2D eigenvalue weighted by molar-refractivity contribution is -0.136. The van der Waals surface area contributed by atoms with E-state index < -0.39 is 0 Å². The Bertz CT molecular complexity index is 797. The van der Waals surface area contributed by atoms with Gasteiger partial charge < -0.3 is 9.47 Å². The topological polar surface area (TPSA) is 38.8 Å². The fourth-order valence-electron chi connectivity index (χ4n) is 3.61. The number of rotatable bonds is 3. The van der Waals surface area contributed by atoms with Gasteiger partial charge in [-0.05, 0) is 35.8 Å². The molecule has 0 saturated carbocycles. The van der Waals surface area contributed by atoms with E-state index in [1.165, 1.54) is 7.11 Å². The Labute approximate surface area is 145 Å². The molecule has 0 N–H and O–H groups in total. The van der Waals surface area contributed by atoms with Crippen LogP contribution in [0.2, 0.25) is 5.02 Å². The van der Waals surface area contributed by atoms with Crippen LogP contribution in [0.25, 0.3) is 0 Å². The van der Waals surface area contributed by atoms with Gasteiger partial charge >= 0.3 is 5.97 Å². The summed E-state index contributed by atoms with van der Waals surface area (Å²) in [7, 11) is 1.41. The molecule has 0 aromatic heterocycles. The second-order valence-electron chi connectivity index (χ2n) is 6.22. The molecular formula is C20H17ClO3. The minimum absolute atomic E-state index is 0.0717. The van der Waals surface area contributed by atoms with Gasteiger partial charge in [0.05, 0.1) is 7.11 Å². The van der Waals surface area contributed by atoms with Crippen LogP contribution in [0.1, 0.15) is 23.5 Å². The monoisotopic (exact) mass is 340 g/mol. The summed E-state index contributed by atoms with van der Waals surface area (Å²) in [5, 5.41) is 0.677. The minimum Gasteiger partial charge on any atom is -0.466 e. The average Bonchev–Trinajstić information content (AvgIpc) is 3.36. The summed E-state index contributed by atoms with van der Waals surface area (Å²) < 4.78 is 11.0. The highest BCUT2D eigenvalue weighted by molar-refractivity contribution is 6.30. The van der Waals surface area contributed by atoms with E-state index in [1.807, 2.05) is 48.5 Å². The zero-order chi connectivity index (χ0) is 16.7. The Hall–Kier alpha value is -2.10. The molecule has 1 fully saturated rings. The normalized spacial score (nSPS) is 27.8. The largest absolute Gasteiger partial charge is 0.466 e. The molecule has 24 heavy (non-hydrogen) atoms. The van der Waals surface area contributed by atoms with Gasteiger partial charge in [0.1, 0.15) is 11.7 Å². The van der Waals surface area contributed by atoms with Crippen LogP contribution in [0.5, 0.6) is 0 Å². The summed E-state index contributed by atoms with van der Waals surface area (Å²) in [4.78, 5) is 12.3. The van der Waals surface area contributed by atoms with Crippen molar-refractivity contribution in [3.8, 4) is 0 Å². The highest BCUT2D eigenvalue weighted by Gasteiger charge is 2.60. The van der Waals surface area contributed by atoms with Gasteiger partial charge in [0.15, 0.2) is 0 Å². The van der Waals surface area contributed by atoms with Crippen LogP contribution in [0.4, 0.5) is 0 Å². The number of ether oxygens (including phenoxy) is 2. The van der Waals surface area contributed by atoms with Crippen LogP contribution in [-0.4, -0.2) is 19.2 Å². The van der Waals surface area contributed by atoms with Crippen molar-refractivity contribution < 1.29 is 14.3 Å². The molecule has 0 spiro atoms. The number of hydrogen-bond donors (Lipinski definition) is 0. The fourth-order valence-corrected chi connectivity index (χ4v) is 3.73. The van der Waals surface area contributed by atoms with Crippen LogP contribution in [0, 0.1) is 0 Å². The number of halogens is 1. The van der Waals surface area contributed by atoms with Crippen molar-refractivity contribution in [3.05, 3.63) is 82.4 Å². The number of hydrogen-bond acceptors (Lipinski definition) is 3. The van der Waals surface area contributed by atoms with Crippen LogP contribution in [0.15, 0.2) is 66.2 Å². The van der Waals surface area contributed by atoms with Crippen molar-refractivity contribution in [1.82, 2.24) is 0 Å². The summed E-state index contributed by atoms with van der Waals surface area (Å²) in [6, 6.07) is 17.8. The first-order valence-corrected chi connectivity index (χ1v) is 8.31. The molecule has 0 bridgehead atoms. The smallest absolute Gasteiger partial charge is 0.334 e. The molecule has 1 heterocycles. The van der Waals surface area contributed by atoms with Gasteiger partial charge in [0.25, 0.3) is 0 Å². The zero-order valence-corrected chi connectivity index (χ0v) is 14.0. The number of carbonyl (C=O) groups is 1. The molecule has 0 amide bonds. The number of benzene rings is 2. The molecule has 0 unspecified atom stereocenters. The molecule has 0 radical (unpaired) electrons. The number of carbonyl (C=O) groups excluding carboxylic acids is 1. The van der Waals surface area contributed by atoms with Crippen molar-refractivity contribution >= 4 is 17.6 Å². The third-order valence-corrected chi connectivity index (χ3v) is 5.16. The van der Waals surface area contributed by atoms with Gasteiger partial charge in [-0.15, -0.1) is 0 Å². The van der Waals surface area contributed by atoms with Crippen molar-refractivity contribution in [1.29, 1.82) is 0 Å². The Morgan fingerprint density at radius 3 is 2.54 bits per heavy atom. The van der Waals surface area contributed by atoms with E-state index in [-0.39, 0.29) is 23.6 Å². The summed E-state index contributed by atoms with van der Waals surface area (Å²) in [5.41, 5.74) is 2.51. The van der Waals surface area contributed by atoms with Crippen LogP contribution < -0.4 is 0 Å². The predicted molar refractivity (Wildman–Crippen MR) is 91.9 cm³/mol. The van der Waals surface area contributed by atoms with Crippen molar-refractivity contribution in [2.24, 2.45) is 0 Å². The minimum atomic E-state index is -0.344. The number of fused-ring (bicyclic) bond motifs is 1. The molecule has 3 atom stereocenters. The molecule has 1 aliphatic carbocycles. The first-order chi connectivity index (χ1) is 11.6. The zero-order valence-electron chi connectivity index (χ0n) is 13.2. The molecule has 2 aromatic carbocycles. The quantitative estimate of drug-likeness (QED) is 0.620.